The molecule has 3 heteroatoms. The van der Waals surface area contributed by atoms with Gasteiger partial charge in [0.2, 0.25) is 0 Å². The first-order valence-electron chi connectivity index (χ1n) is 7.70. The van der Waals surface area contributed by atoms with Crippen molar-refractivity contribution in [2.24, 2.45) is 0 Å². The third-order valence-corrected chi connectivity index (χ3v) is 3.95. The van der Waals surface area contributed by atoms with Crippen molar-refractivity contribution < 1.29 is 9.84 Å². The SMILES string of the molecule is COc1ccc(C(O)CNC(C)Cc2ccccc2C)cc1. The lowest BCUT2D eigenvalue weighted by Crippen LogP contribution is -2.32. The Bertz CT molecular complexity index is 580. The standard InChI is InChI=1S/C19H25NO2/c1-14-6-4-5-7-17(14)12-15(2)20-13-19(21)16-8-10-18(22-3)11-9-16/h4-11,15,19-21H,12-13H2,1-3H3. The van der Waals surface area contributed by atoms with E-state index in [4.69, 9.17) is 4.74 Å². The summed E-state index contributed by atoms with van der Waals surface area (Å²) in [5.74, 6) is 0.803. The molecule has 0 spiro atoms. The van der Waals surface area contributed by atoms with Crippen LogP contribution >= 0.6 is 0 Å². The fourth-order valence-electron chi connectivity index (χ4n) is 2.50. The first-order chi connectivity index (χ1) is 10.6. The molecule has 2 N–H and O–H groups in total. The van der Waals surface area contributed by atoms with Crippen LogP contribution < -0.4 is 10.1 Å². The van der Waals surface area contributed by atoms with Crippen LogP contribution in [0.15, 0.2) is 48.5 Å². The average Bonchev–Trinajstić information content (AvgIpc) is 2.55. The molecule has 2 unspecified atom stereocenters. The van der Waals surface area contributed by atoms with Gasteiger partial charge in [-0.3, -0.25) is 0 Å². The summed E-state index contributed by atoms with van der Waals surface area (Å²) in [6.07, 6.45) is 0.451. The van der Waals surface area contributed by atoms with Crippen LogP contribution in [-0.4, -0.2) is 24.8 Å². The lowest BCUT2D eigenvalue weighted by atomic mass is 10.0. The molecular formula is C19H25NO2. The van der Waals surface area contributed by atoms with Gasteiger partial charge >= 0.3 is 0 Å². The number of aliphatic hydroxyl groups is 1. The minimum Gasteiger partial charge on any atom is -0.497 e. The predicted octanol–water partition coefficient (Wildman–Crippen LogP) is 3.26. The van der Waals surface area contributed by atoms with E-state index in [9.17, 15) is 5.11 Å². The molecule has 0 aliphatic carbocycles. The van der Waals surface area contributed by atoms with Gasteiger partial charge in [0.05, 0.1) is 13.2 Å². The predicted molar refractivity (Wildman–Crippen MR) is 90.3 cm³/mol. The quantitative estimate of drug-likeness (QED) is 0.824. The molecule has 2 atom stereocenters. The van der Waals surface area contributed by atoms with E-state index in [2.05, 4.69) is 43.4 Å². The highest BCUT2D eigenvalue weighted by Gasteiger charge is 2.10. The molecule has 2 rings (SSSR count). The summed E-state index contributed by atoms with van der Waals surface area (Å²) in [4.78, 5) is 0. The number of nitrogens with one attached hydrogen (secondary N) is 1. The Morgan fingerprint density at radius 3 is 2.41 bits per heavy atom. The molecule has 0 heterocycles. The van der Waals surface area contributed by atoms with Crippen LogP contribution in [0.1, 0.15) is 29.7 Å². The number of rotatable bonds is 7. The first kappa shape index (κ1) is 16.5. The smallest absolute Gasteiger partial charge is 0.118 e. The van der Waals surface area contributed by atoms with E-state index in [0.717, 1.165) is 17.7 Å². The molecule has 0 saturated heterocycles. The van der Waals surface area contributed by atoms with Gasteiger partial charge in [0, 0.05) is 12.6 Å². The number of hydrogen-bond donors (Lipinski definition) is 2. The van der Waals surface area contributed by atoms with Gasteiger partial charge in [-0.1, -0.05) is 36.4 Å². The molecule has 0 saturated carbocycles. The Kier molecular flexibility index (Phi) is 5.99. The van der Waals surface area contributed by atoms with Gasteiger partial charge in [-0.2, -0.15) is 0 Å². The number of ether oxygens (including phenoxy) is 1. The maximum atomic E-state index is 10.3. The van der Waals surface area contributed by atoms with E-state index in [1.165, 1.54) is 11.1 Å². The molecule has 2 aromatic carbocycles. The van der Waals surface area contributed by atoms with Crippen LogP contribution in [0.5, 0.6) is 5.75 Å². The molecule has 0 aliphatic rings. The number of aliphatic hydroxyl groups excluding tert-OH is 1. The largest absolute Gasteiger partial charge is 0.497 e. The van der Waals surface area contributed by atoms with Crippen molar-refractivity contribution in [3.63, 3.8) is 0 Å². The number of methoxy groups -OCH3 is 1. The normalized spacial score (nSPS) is 13.6. The van der Waals surface area contributed by atoms with E-state index < -0.39 is 6.10 Å². The second kappa shape index (κ2) is 7.97. The first-order valence-corrected chi connectivity index (χ1v) is 7.70. The van der Waals surface area contributed by atoms with Gasteiger partial charge < -0.3 is 15.2 Å². The van der Waals surface area contributed by atoms with Crippen molar-refractivity contribution in [3.8, 4) is 5.75 Å². The molecule has 118 valence electrons. The zero-order valence-electron chi connectivity index (χ0n) is 13.5. The van der Waals surface area contributed by atoms with E-state index in [1.54, 1.807) is 7.11 Å². The van der Waals surface area contributed by atoms with Crippen LogP contribution in [0.3, 0.4) is 0 Å². The van der Waals surface area contributed by atoms with Crippen molar-refractivity contribution in [3.05, 3.63) is 65.2 Å². The monoisotopic (exact) mass is 299 g/mol. The summed E-state index contributed by atoms with van der Waals surface area (Å²) in [7, 11) is 1.64. The zero-order chi connectivity index (χ0) is 15.9. The van der Waals surface area contributed by atoms with Crippen LogP contribution in [-0.2, 0) is 6.42 Å². The Balaban J connectivity index is 1.84. The molecule has 0 bridgehead atoms. The Morgan fingerprint density at radius 2 is 1.77 bits per heavy atom. The third kappa shape index (κ3) is 4.58. The van der Waals surface area contributed by atoms with Gasteiger partial charge in [0.1, 0.15) is 5.75 Å². The van der Waals surface area contributed by atoms with Crippen molar-refractivity contribution in [2.45, 2.75) is 32.4 Å². The summed E-state index contributed by atoms with van der Waals surface area (Å²) in [5, 5.41) is 13.7. The second-order valence-electron chi connectivity index (χ2n) is 5.73. The molecule has 3 nitrogen and oxygen atoms in total. The Labute approximate surface area is 133 Å². The molecule has 0 amide bonds. The van der Waals surface area contributed by atoms with Gasteiger partial charge in [-0.15, -0.1) is 0 Å². The van der Waals surface area contributed by atoms with Crippen molar-refractivity contribution in [2.75, 3.05) is 13.7 Å². The molecule has 0 aromatic heterocycles. The average molecular weight is 299 g/mol. The fourth-order valence-corrected chi connectivity index (χ4v) is 2.50. The van der Waals surface area contributed by atoms with Crippen molar-refractivity contribution >= 4 is 0 Å². The maximum Gasteiger partial charge on any atom is 0.118 e. The minimum absolute atomic E-state index is 0.314. The molecule has 22 heavy (non-hydrogen) atoms. The van der Waals surface area contributed by atoms with E-state index >= 15 is 0 Å². The fraction of sp³-hybridized carbons (Fsp3) is 0.368. The Hall–Kier alpha value is -1.84. The van der Waals surface area contributed by atoms with Gasteiger partial charge in [0.15, 0.2) is 0 Å². The van der Waals surface area contributed by atoms with Crippen LogP contribution in [0.2, 0.25) is 0 Å². The maximum absolute atomic E-state index is 10.3. The molecule has 0 radical (unpaired) electrons. The third-order valence-electron chi connectivity index (χ3n) is 3.95. The van der Waals surface area contributed by atoms with Crippen molar-refractivity contribution in [1.29, 1.82) is 0 Å². The summed E-state index contributed by atoms with van der Waals surface area (Å²) >= 11 is 0. The van der Waals surface area contributed by atoms with Crippen LogP contribution in [0.25, 0.3) is 0 Å². The highest BCUT2D eigenvalue weighted by molar-refractivity contribution is 5.29. The number of benzene rings is 2. The molecule has 0 aliphatic heterocycles. The molecule has 2 aromatic rings. The number of aryl methyl sites for hydroxylation is 1. The van der Waals surface area contributed by atoms with Crippen LogP contribution in [0.4, 0.5) is 0 Å². The Morgan fingerprint density at radius 1 is 1.09 bits per heavy atom. The van der Waals surface area contributed by atoms with Gasteiger partial charge in [0.25, 0.3) is 0 Å². The highest BCUT2D eigenvalue weighted by atomic mass is 16.5. The molecule has 0 fully saturated rings. The highest BCUT2D eigenvalue weighted by Crippen LogP contribution is 2.17. The topological polar surface area (TPSA) is 41.5 Å². The summed E-state index contributed by atoms with van der Waals surface area (Å²) in [5.41, 5.74) is 3.56. The van der Waals surface area contributed by atoms with E-state index in [-0.39, 0.29) is 0 Å². The zero-order valence-corrected chi connectivity index (χ0v) is 13.5. The summed E-state index contributed by atoms with van der Waals surface area (Å²) < 4.78 is 5.13. The molecular weight excluding hydrogens is 274 g/mol. The van der Waals surface area contributed by atoms with Gasteiger partial charge in [-0.05, 0) is 49.1 Å². The van der Waals surface area contributed by atoms with Crippen molar-refractivity contribution in [1.82, 2.24) is 5.32 Å². The van der Waals surface area contributed by atoms with Crippen LogP contribution in [0, 0.1) is 6.92 Å². The second-order valence-corrected chi connectivity index (χ2v) is 5.73. The lowest BCUT2D eigenvalue weighted by Gasteiger charge is -2.18. The summed E-state index contributed by atoms with van der Waals surface area (Å²) in [6, 6.07) is 16.3. The lowest BCUT2D eigenvalue weighted by molar-refractivity contribution is 0.170. The van der Waals surface area contributed by atoms with E-state index in [0.29, 0.717) is 12.6 Å². The van der Waals surface area contributed by atoms with E-state index in [1.807, 2.05) is 24.3 Å². The van der Waals surface area contributed by atoms with Gasteiger partial charge in [-0.25, -0.2) is 0 Å². The summed E-state index contributed by atoms with van der Waals surface area (Å²) in [6.45, 7) is 4.82. The number of hydrogen-bond acceptors (Lipinski definition) is 3. The minimum atomic E-state index is -0.509.